The summed E-state index contributed by atoms with van der Waals surface area (Å²) < 4.78 is 33.9. The van der Waals surface area contributed by atoms with E-state index >= 15 is 0 Å². The lowest BCUT2D eigenvalue weighted by Crippen LogP contribution is -2.71. The summed E-state index contributed by atoms with van der Waals surface area (Å²) in [4.78, 5) is 2.15. The molecule has 19 heavy (non-hydrogen) atoms. The second-order valence-corrected chi connectivity index (χ2v) is 7.29. The number of quaternary nitrogens is 1. The van der Waals surface area contributed by atoms with Crippen molar-refractivity contribution in [3.8, 4) is 0 Å². The summed E-state index contributed by atoms with van der Waals surface area (Å²) in [5.41, 5.74) is 0. The summed E-state index contributed by atoms with van der Waals surface area (Å²) in [7, 11) is -1.65. The lowest BCUT2D eigenvalue weighted by atomic mass is 10.1. The fourth-order valence-corrected chi connectivity index (χ4v) is 3.71. The van der Waals surface area contributed by atoms with Gasteiger partial charge in [-0.15, -0.1) is 0 Å². The van der Waals surface area contributed by atoms with Crippen LogP contribution in [0.4, 0.5) is 0 Å². The molecule has 1 atom stereocenters. The average Bonchev–Trinajstić information content (AvgIpc) is 2.34. The molecule has 0 amide bonds. The fraction of sp³-hybridized carbons (Fsp3) is 1.00. The molecule has 3 aliphatic rings. The molecule has 0 aliphatic carbocycles. The van der Waals surface area contributed by atoms with E-state index in [1.54, 1.807) is 7.11 Å². The number of unbranched alkanes of at least 4 members (excludes halogenated alkanes) is 1. The van der Waals surface area contributed by atoms with Crippen molar-refractivity contribution < 1.29 is 21.8 Å². The van der Waals surface area contributed by atoms with Crippen LogP contribution in [-0.4, -0.2) is 83.3 Å². The summed E-state index contributed by atoms with van der Waals surface area (Å²) in [5.74, 6) is 0. The van der Waals surface area contributed by atoms with Crippen LogP contribution >= 0.6 is 0 Å². The third kappa shape index (κ3) is 4.13. The minimum Gasteiger partial charge on any atom is -0.385 e. The lowest BCUT2D eigenvalue weighted by Gasteiger charge is -2.53. The molecule has 3 rings (SSSR count). The summed E-state index contributed by atoms with van der Waals surface area (Å²) in [6.07, 6.45) is 3.06. The first-order valence-corrected chi connectivity index (χ1v) is 8.72. The molecule has 0 radical (unpaired) electrons. The molecule has 3 aliphatic heterocycles. The predicted octanol–water partition coefficient (Wildman–Crippen LogP) is -0.139. The molecule has 0 aromatic heterocycles. The first-order chi connectivity index (χ1) is 8.94. The zero-order valence-corrected chi connectivity index (χ0v) is 12.7. The standard InChI is InChI=1S/C12H25N2O4S/c1-17-10-4-3-7-14-8-5-13(6-9-14)12(11-14)18-19(2,15)16/h12H,3-11H2,1-2H3/q+1. The fourth-order valence-electron chi connectivity index (χ4n) is 3.12. The number of rotatable bonds is 7. The second kappa shape index (κ2) is 6.05. The van der Waals surface area contributed by atoms with E-state index in [-0.39, 0.29) is 6.23 Å². The van der Waals surface area contributed by atoms with E-state index in [9.17, 15) is 8.42 Å². The zero-order chi connectivity index (χ0) is 13.9. The van der Waals surface area contributed by atoms with Crippen LogP contribution in [-0.2, 0) is 19.0 Å². The molecule has 112 valence electrons. The molecule has 7 heteroatoms. The number of nitrogens with zero attached hydrogens (tertiary/aromatic N) is 2. The minimum atomic E-state index is -3.37. The van der Waals surface area contributed by atoms with E-state index in [4.69, 9.17) is 8.92 Å². The van der Waals surface area contributed by atoms with Crippen molar-refractivity contribution in [3.63, 3.8) is 0 Å². The highest BCUT2D eigenvalue weighted by atomic mass is 32.2. The minimum absolute atomic E-state index is 0.264. The zero-order valence-electron chi connectivity index (χ0n) is 11.9. The quantitative estimate of drug-likeness (QED) is 0.371. The van der Waals surface area contributed by atoms with E-state index < -0.39 is 10.1 Å². The average molecular weight is 293 g/mol. The van der Waals surface area contributed by atoms with Gasteiger partial charge in [-0.3, -0.25) is 4.90 Å². The Balaban J connectivity index is 1.90. The van der Waals surface area contributed by atoms with Crippen LogP contribution < -0.4 is 0 Å². The number of fused-ring (bicyclic) bond motifs is 3. The van der Waals surface area contributed by atoms with E-state index in [1.807, 2.05) is 0 Å². The summed E-state index contributed by atoms with van der Waals surface area (Å²) in [5, 5.41) is 0. The van der Waals surface area contributed by atoms with Gasteiger partial charge in [0.25, 0.3) is 10.1 Å². The van der Waals surface area contributed by atoms with Gasteiger partial charge in [-0.25, -0.2) is 4.18 Å². The lowest BCUT2D eigenvalue weighted by molar-refractivity contribution is -0.947. The molecule has 0 N–H and O–H groups in total. The third-order valence-electron chi connectivity index (χ3n) is 4.19. The second-order valence-electron chi connectivity index (χ2n) is 5.69. The van der Waals surface area contributed by atoms with Crippen LogP contribution in [0.2, 0.25) is 0 Å². The molecular weight excluding hydrogens is 268 g/mol. The van der Waals surface area contributed by atoms with Gasteiger partial charge >= 0.3 is 0 Å². The van der Waals surface area contributed by atoms with Crippen molar-refractivity contribution >= 4 is 10.1 Å². The van der Waals surface area contributed by atoms with Crippen molar-refractivity contribution in [2.24, 2.45) is 0 Å². The Morgan fingerprint density at radius 2 is 1.95 bits per heavy atom. The molecule has 1 unspecified atom stereocenters. The summed E-state index contributed by atoms with van der Waals surface area (Å²) in [6, 6.07) is 0. The Kier molecular flexibility index (Phi) is 4.84. The molecule has 0 aromatic rings. The number of hydrogen-bond donors (Lipinski definition) is 0. The first-order valence-electron chi connectivity index (χ1n) is 6.90. The van der Waals surface area contributed by atoms with Crippen molar-refractivity contribution in [1.82, 2.24) is 4.90 Å². The van der Waals surface area contributed by atoms with Gasteiger partial charge in [-0.05, 0) is 12.8 Å². The van der Waals surface area contributed by atoms with Crippen molar-refractivity contribution in [3.05, 3.63) is 0 Å². The Labute approximate surface area is 116 Å². The topological polar surface area (TPSA) is 55.8 Å². The SMILES string of the molecule is COCCCC[N+]12CCN(CC1)C(OS(C)(=O)=O)C2. The van der Waals surface area contributed by atoms with E-state index in [0.717, 1.165) is 69.5 Å². The molecule has 3 heterocycles. The molecule has 3 saturated heterocycles. The van der Waals surface area contributed by atoms with Gasteiger partial charge in [0.2, 0.25) is 0 Å². The van der Waals surface area contributed by atoms with Gasteiger partial charge < -0.3 is 9.22 Å². The summed E-state index contributed by atoms with van der Waals surface area (Å²) >= 11 is 0. The highest BCUT2D eigenvalue weighted by Crippen LogP contribution is 2.26. The molecule has 6 nitrogen and oxygen atoms in total. The molecule has 0 spiro atoms. The smallest absolute Gasteiger partial charge is 0.266 e. The molecule has 0 saturated carbocycles. The predicted molar refractivity (Wildman–Crippen MR) is 72.1 cm³/mol. The number of methoxy groups -OCH3 is 1. The van der Waals surface area contributed by atoms with Gasteiger partial charge in [0.1, 0.15) is 6.54 Å². The Morgan fingerprint density at radius 1 is 1.26 bits per heavy atom. The van der Waals surface area contributed by atoms with Crippen molar-refractivity contribution in [1.29, 1.82) is 0 Å². The number of hydrogen-bond acceptors (Lipinski definition) is 5. The molecule has 2 bridgehead atoms. The van der Waals surface area contributed by atoms with E-state index in [2.05, 4.69) is 4.90 Å². The third-order valence-corrected chi connectivity index (χ3v) is 4.76. The van der Waals surface area contributed by atoms with Crippen LogP contribution in [0.1, 0.15) is 12.8 Å². The van der Waals surface area contributed by atoms with Crippen LogP contribution in [0.25, 0.3) is 0 Å². The van der Waals surface area contributed by atoms with Gasteiger partial charge in [0.05, 0.1) is 39.0 Å². The monoisotopic (exact) mass is 293 g/mol. The molecule has 0 aromatic carbocycles. The maximum absolute atomic E-state index is 11.3. The van der Waals surface area contributed by atoms with Crippen molar-refractivity contribution in [2.75, 3.05) is 59.2 Å². The Morgan fingerprint density at radius 3 is 2.53 bits per heavy atom. The number of piperazine rings is 3. The molecular formula is C12H25N2O4S+. The van der Waals surface area contributed by atoms with Crippen molar-refractivity contribution in [2.45, 2.75) is 19.1 Å². The largest absolute Gasteiger partial charge is 0.385 e. The van der Waals surface area contributed by atoms with Crippen LogP contribution in [0.5, 0.6) is 0 Å². The highest BCUT2D eigenvalue weighted by molar-refractivity contribution is 7.86. The Hall–Kier alpha value is -0.210. The number of ether oxygens (including phenoxy) is 1. The van der Waals surface area contributed by atoms with Gasteiger partial charge in [0.15, 0.2) is 6.23 Å². The first kappa shape index (κ1) is 15.2. The van der Waals surface area contributed by atoms with E-state index in [1.165, 1.54) is 0 Å². The highest BCUT2D eigenvalue weighted by Gasteiger charge is 2.45. The van der Waals surface area contributed by atoms with Crippen LogP contribution in [0, 0.1) is 0 Å². The Bertz CT molecular complexity index is 391. The summed E-state index contributed by atoms with van der Waals surface area (Å²) in [6.45, 7) is 6.78. The van der Waals surface area contributed by atoms with Gasteiger partial charge in [0, 0.05) is 13.7 Å². The van der Waals surface area contributed by atoms with Crippen LogP contribution in [0.15, 0.2) is 0 Å². The maximum atomic E-state index is 11.3. The normalized spacial score (nSPS) is 34.6. The molecule has 3 fully saturated rings. The van der Waals surface area contributed by atoms with Gasteiger partial charge in [-0.1, -0.05) is 0 Å². The van der Waals surface area contributed by atoms with E-state index in [0.29, 0.717) is 0 Å². The van der Waals surface area contributed by atoms with Gasteiger partial charge in [-0.2, -0.15) is 8.42 Å². The van der Waals surface area contributed by atoms with Crippen LogP contribution in [0.3, 0.4) is 0 Å². The maximum Gasteiger partial charge on any atom is 0.266 e.